The van der Waals surface area contributed by atoms with Gasteiger partial charge in [0.1, 0.15) is 12.6 Å². The van der Waals surface area contributed by atoms with Crippen LogP contribution < -0.4 is 10.2 Å². The average molecular weight is 527 g/mol. The first-order valence-electron chi connectivity index (χ1n) is 12.8. The molecule has 1 aliphatic heterocycles. The Hall–Kier alpha value is -2.63. The Balaban J connectivity index is 1.67. The monoisotopic (exact) mass is 525 g/mol. The molecule has 2 amide bonds. The second-order valence-corrected chi connectivity index (χ2v) is 10.4. The van der Waals surface area contributed by atoms with Crippen molar-refractivity contribution in [3.63, 3.8) is 0 Å². The Morgan fingerprint density at radius 3 is 2.69 bits per heavy atom. The molecule has 0 bridgehead atoms. The lowest BCUT2D eigenvalue weighted by atomic mass is 9.97. The van der Waals surface area contributed by atoms with Gasteiger partial charge in [0.25, 0.3) is 5.91 Å². The molecule has 0 fully saturated rings. The lowest BCUT2D eigenvalue weighted by Gasteiger charge is -2.27. The van der Waals surface area contributed by atoms with Gasteiger partial charge in [-0.25, -0.2) is 0 Å². The fraction of sp³-hybridized carbons (Fsp3) is 0.414. The second-order valence-electron chi connectivity index (χ2n) is 9.58. The molecular formula is C29H33Cl2N3O2. The van der Waals surface area contributed by atoms with Crippen molar-refractivity contribution in [2.45, 2.75) is 58.4 Å². The predicted molar refractivity (Wildman–Crippen MR) is 148 cm³/mol. The minimum atomic E-state index is -0.646. The summed E-state index contributed by atoms with van der Waals surface area (Å²) in [5.41, 5.74) is 4.05. The summed E-state index contributed by atoms with van der Waals surface area (Å²) in [5.74, 6) is -0.409. The maximum Gasteiger partial charge on any atom is 0.252 e. The first-order chi connectivity index (χ1) is 17.4. The third-order valence-electron chi connectivity index (χ3n) is 7.06. The van der Waals surface area contributed by atoms with Crippen LogP contribution in [0.4, 0.5) is 5.69 Å². The third-order valence-corrected chi connectivity index (χ3v) is 7.62. The number of amides is 2. The summed E-state index contributed by atoms with van der Waals surface area (Å²) in [6, 6.07) is 12.1. The van der Waals surface area contributed by atoms with Crippen molar-refractivity contribution in [1.82, 2.24) is 5.32 Å². The highest BCUT2D eigenvalue weighted by atomic mass is 35.5. The second kappa shape index (κ2) is 12.1. The number of carbonyl (C=O) groups is 2. The van der Waals surface area contributed by atoms with Crippen molar-refractivity contribution in [2.24, 2.45) is 10.9 Å². The molecule has 2 aromatic rings. The maximum absolute atomic E-state index is 13.9. The van der Waals surface area contributed by atoms with E-state index in [1.54, 1.807) is 23.1 Å². The van der Waals surface area contributed by atoms with E-state index in [0.29, 0.717) is 33.6 Å². The van der Waals surface area contributed by atoms with Gasteiger partial charge >= 0.3 is 0 Å². The van der Waals surface area contributed by atoms with Crippen LogP contribution in [0.25, 0.3) is 0 Å². The highest BCUT2D eigenvalue weighted by Crippen LogP contribution is 2.34. The van der Waals surface area contributed by atoms with Crippen molar-refractivity contribution in [2.75, 3.05) is 18.0 Å². The molecule has 2 aliphatic rings. The summed E-state index contributed by atoms with van der Waals surface area (Å²) < 4.78 is 0. The van der Waals surface area contributed by atoms with E-state index in [-0.39, 0.29) is 24.3 Å². The Kier molecular flexibility index (Phi) is 8.86. The minimum absolute atomic E-state index is 0.0245. The minimum Gasteiger partial charge on any atom is -0.354 e. The van der Waals surface area contributed by atoms with Crippen LogP contribution in [-0.2, 0) is 9.59 Å². The highest BCUT2D eigenvalue weighted by molar-refractivity contribution is 6.37. The normalized spacial score (nSPS) is 18.6. The summed E-state index contributed by atoms with van der Waals surface area (Å²) in [6.45, 7) is 4.53. The summed E-state index contributed by atoms with van der Waals surface area (Å²) >= 11 is 13.0. The molecule has 0 saturated heterocycles. The zero-order valence-electron chi connectivity index (χ0n) is 20.9. The van der Waals surface area contributed by atoms with Crippen molar-refractivity contribution in [3.8, 4) is 0 Å². The fourth-order valence-electron chi connectivity index (χ4n) is 4.79. The van der Waals surface area contributed by atoms with Gasteiger partial charge in [-0.15, -0.1) is 0 Å². The number of benzodiazepines with no additional fused rings is 1. The van der Waals surface area contributed by atoms with E-state index in [4.69, 9.17) is 28.2 Å². The molecule has 0 saturated carbocycles. The molecule has 2 atom stereocenters. The quantitative estimate of drug-likeness (QED) is 0.394. The number of carbonyl (C=O) groups excluding carboxylic acids is 2. The van der Waals surface area contributed by atoms with Gasteiger partial charge in [-0.2, -0.15) is 0 Å². The van der Waals surface area contributed by atoms with Crippen LogP contribution in [-0.4, -0.2) is 36.7 Å². The molecule has 190 valence electrons. The number of halogens is 2. The average Bonchev–Trinajstić information content (AvgIpc) is 2.99. The Morgan fingerprint density at radius 1 is 1.17 bits per heavy atom. The predicted octanol–water partition coefficient (Wildman–Crippen LogP) is 6.60. The topological polar surface area (TPSA) is 61.8 Å². The number of nitrogens with zero attached hydrogens (tertiary/aromatic N) is 2. The van der Waals surface area contributed by atoms with Crippen molar-refractivity contribution < 1.29 is 9.59 Å². The number of rotatable bonds is 8. The molecule has 0 spiro atoms. The van der Waals surface area contributed by atoms with Gasteiger partial charge < -0.3 is 10.2 Å². The molecule has 1 N–H and O–H groups in total. The number of allylic oxidation sites excluding steroid dienone is 1. The molecule has 5 nitrogen and oxygen atoms in total. The highest BCUT2D eigenvalue weighted by Gasteiger charge is 2.36. The largest absolute Gasteiger partial charge is 0.354 e. The van der Waals surface area contributed by atoms with E-state index < -0.39 is 6.04 Å². The van der Waals surface area contributed by atoms with E-state index in [1.165, 1.54) is 18.4 Å². The Labute approximate surface area is 223 Å². The molecule has 2 aromatic carbocycles. The summed E-state index contributed by atoms with van der Waals surface area (Å²) in [7, 11) is 0. The number of aliphatic imine (C=N–C) groups is 1. The van der Waals surface area contributed by atoms with Gasteiger partial charge in [0.15, 0.2) is 0 Å². The Morgan fingerprint density at radius 2 is 1.97 bits per heavy atom. The van der Waals surface area contributed by atoms with E-state index in [1.807, 2.05) is 38.1 Å². The molecule has 0 unspecified atom stereocenters. The number of benzene rings is 2. The molecular weight excluding hydrogens is 493 g/mol. The molecule has 7 heteroatoms. The van der Waals surface area contributed by atoms with Crippen LogP contribution >= 0.6 is 23.2 Å². The lowest BCUT2D eigenvalue weighted by molar-refractivity contribution is -0.124. The molecule has 0 radical (unpaired) electrons. The van der Waals surface area contributed by atoms with Crippen LogP contribution in [0, 0.1) is 5.92 Å². The van der Waals surface area contributed by atoms with Gasteiger partial charge in [0, 0.05) is 27.7 Å². The number of hydrogen-bond donors (Lipinski definition) is 1. The van der Waals surface area contributed by atoms with Crippen molar-refractivity contribution in [1.29, 1.82) is 0 Å². The maximum atomic E-state index is 13.9. The Bertz CT molecular complexity index is 1190. The smallest absolute Gasteiger partial charge is 0.252 e. The van der Waals surface area contributed by atoms with E-state index in [0.717, 1.165) is 31.2 Å². The van der Waals surface area contributed by atoms with Gasteiger partial charge in [-0.1, -0.05) is 73.3 Å². The molecule has 1 aliphatic carbocycles. The van der Waals surface area contributed by atoms with Gasteiger partial charge in [0.2, 0.25) is 5.91 Å². The van der Waals surface area contributed by atoms with Crippen LogP contribution in [0.15, 0.2) is 59.1 Å². The molecule has 1 heterocycles. The number of fused-ring (bicyclic) bond motifs is 1. The van der Waals surface area contributed by atoms with Crippen molar-refractivity contribution >= 4 is 46.4 Å². The van der Waals surface area contributed by atoms with Crippen LogP contribution in [0.1, 0.15) is 63.5 Å². The molecule has 0 aromatic heterocycles. The van der Waals surface area contributed by atoms with Crippen LogP contribution in [0.2, 0.25) is 10.0 Å². The fourth-order valence-corrected chi connectivity index (χ4v) is 5.19. The zero-order chi connectivity index (χ0) is 25.7. The molecule has 4 rings (SSSR count). The standard InChI is InChI=1S/C29H33Cl2N3O2/c1-3-19(2)27-29(36)34(18-26(35)32-16-15-20-9-5-4-6-10-20)25-14-13-21(30)17-23(25)28(33-27)22-11-7-8-12-24(22)31/h7-9,11-14,17,19,27H,3-6,10,15-16,18H2,1-2H3,(H,32,35)/t19-,27-/m1/s1. The third kappa shape index (κ3) is 6.01. The SMILES string of the molecule is CC[C@@H](C)[C@H]1N=C(c2ccccc2Cl)c2cc(Cl)ccc2N(CC(=O)NCCC2=CCCCC2)C1=O. The lowest BCUT2D eigenvalue weighted by Crippen LogP contribution is -2.46. The number of hydrogen-bond acceptors (Lipinski definition) is 3. The number of nitrogens with one attached hydrogen (secondary N) is 1. The zero-order valence-corrected chi connectivity index (χ0v) is 22.4. The van der Waals surface area contributed by atoms with Crippen molar-refractivity contribution in [3.05, 3.63) is 75.3 Å². The summed E-state index contributed by atoms with van der Waals surface area (Å²) in [4.78, 5) is 33.4. The van der Waals surface area contributed by atoms with E-state index in [2.05, 4.69) is 11.4 Å². The summed E-state index contributed by atoms with van der Waals surface area (Å²) in [5, 5.41) is 4.08. The van der Waals surface area contributed by atoms with E-state index in [9.17, 15) is 9.59 Å². The molecule has 36 heavy (non-hydrogen) atoms. The number of anilines is 1. The first-order valence-corrected chi connectivity index (χ1v) is 13.5. The van der Waals surface area contributed by atoms with Crippen LogP contribution in [0.3, 0.4) is 0 Å². The first kappa shape index (κ1) is 26.4. The van der Waals surface area contributed by atoms with Gasteiger partial charge in [-0.3, -0.25) is 14.6 Å². The van der Waals surface area contributed by atoms with Gasteiger partial charge in [-0.05, 0) is 62.3 Å². The van der Waals surface area contributed by atoms with Crippen LogP contribution in [0.5, 0.6) is 0 Å². The van der Waals surface area contributed by atoms with Gasteiger partial charge in [0.05, 0.1) is 11.4 Å². The van der Waals surface area contributed by atoms with E-state index >= 15 is 0 Å². The summed E-state index contributed by atoms with van der Waals surface area (Å²) in [6.07, 6.45) is 8.59.